The van der Waals surface area contributed by atoms with Crippen LogP contribution >= 0.6 is 0 Å². The highest BCUT2D eigenvalue weighted by atomic mass is 16.5. The lowest BCUT2D eigenvalue weighted by atomic mass is 9.81. The van der Waals surface area contributed by atoms with E-state index in [1.165, 1.54) is 0 Å². The van der Waals surface area contributed by atoms with Gasteiger partial charge in [-0.25, -0.2) is 0 Å². The van der Waals surface area contributed by atoms with Crippen molar-refractivity contribution < 1.29 is 8.85 Å². The fraction of sp³-hybridized carbons (Fsp3) is 0.360. The lowest BCUT2D eigenvalue weighted by Gasteiger charge is -2.24. The molecule has 0 radical (unpaired) electrons. The largest absolute Gasteiger partial charge is 0.496 e. The van der Waals surface area contributed by atoms with Crippen molar-refractivity contribution in [3.63, 3.8) is 0 Å². The van der Waals surface area contributed by atoms with Crippen molar-refractivity contribution in [2.45, 2.75) is 52.4 Å². The maximum Gasteiger partial charge on any atom is 0.127 e. The molecule has 1 nitrogen and oxygen atoms in total. The summed E-state index contributed by atoms with van der Waals surface area (Å²) in [5.41, 5.74) is 1.88. The third-order valence-electron chi connectivity index (χ3n) is 5.29. The van der Waals surface area contributed by atoms with Crippen molar-refractivity contribution in [3.8, 4) is 5.75 Å². The minimum Gasteiger partial charge on any atom is -0.496 e. The summed E-state index contributed by atoms with van der Waals surface area (Å²) in [5, 5.41) is 4.98. The van der Waals surface area contributed by atoms with E-state index in [1.807, 2.05) is 12.1 Å². The number of hydrogen-bond acceptors (Lipinski definition) is 1. The van der Waals surface area contributed by atoms with Gasteiger partial charge in [-0.05, 0) is 55.6 Å². The van der Waals surface area contributed by atoms with E-state index < -0.39 is 0 Å². The third-order valence-corrected chi connectivity index (χ3v) is 5.29. The number of methoxy groups -OCH3 is 1. The molecule has 0 aliphatic carbocycles. The molecule has 0 saturated carbocycles. The number of ether oxygens (including phenoxy) is 1. The molecule has 0 N–H and O–H groups in total. The van der Waals surface area contributed by atoms with Crippen LogP contribution in [0.4, 0.5) is 0 Å². The SMILES string of the molecule is [2H]c1c([2H])c2cc(C(C)(C)C)cc3c(OC)c([2H])c4cc(C(C)(C)C)cc1c4c23. The number of hydrogen-bond donors (Lipinski definition) is 0. The standard InChI is InChI=1S/C25H28O/c1-24(2,3)18-10-15-8-9-16-11-19(25(4,5)6)14-20-21(26-7)13-17(12-18)22(15)23(16)20/h8-14H,1-7H3/i8D,9D,13D. The van der Waals surface area contributed by atoms with Crippen molar-refractivity contribution in [1.29, 1.82) is 0 Å². The smallest absolute Gasteiger partial charge is 0.127 e. The first-order valence-electron chi connectivity index (χ1n) is 10.7. The first-order chi connectivity index (χ1) is 13.4. The Bertz CT molecular complexity index is 1270. The Morgan fingerprint density at radius 2 is 1.23 bits per heavy atom. The zero-order chi connectivity index (χ0) is 21.5. The summed E-state index contributed by atoms with van der Waals surface area (Å²) in [6, 6.07) is 9.05. The molecular weight excluding hydrogens is 316 g/mol. The molecule has 4 aromatic carbocycles. The minimum atomic E-state index is -0.127. The summed E-state index contributed by atoms with van der Waals surface area (Å²) < 4.78 is 32.2. The highest BCUT2D eigenvalue weighted by molar-refractivity contribution is 6.25. The molecule has 26 heavy (non-hydrogen) atoms. The fourth-order valence-electron chi connectivity index (χ4n) is 3.65. The van der Waals surface area contributed by atoms with E-state index in [4.69, 9.17) is 8.85 Å². The van der Waals surface area contributed by atoms with E-state index in [9.17, 15) is 0 Å². The Morgan fingerprint density at radius 3 is 1.77 bits per heavy atom. The molecule has 0 aromatic heterocycles. The highest BCUT2D eigenvalue weighted by Crippen LogP contribution is 2.43. The first-order valence-corrected chi connectivity index (χ1v) is 9.17. The van der Waals surface area contributed by atoms with Crippen LogP contribution in [0.5, 0.6) is 5.75 Å². The predicted molar refractivity (Wildman–Crippen MR) is 114 cm³/mol. The van der Waals surface area contributed by atoms with Crippen molar-refractivity contribution in [1.82, 2.24) is 0 Å². The van der Waals surface area contributed by atoms with E-state index in [0.717, 1.165) is 43.4 Å². The molecule has 0 aliphatic heterocycles. The number of rotatable bonds is 1. The van der Waals surface area contributed by atoms with E-state index in [2.05, 4.69) is 53.7 Å². The predicted octanol–water partition coefficient (Wildman–Crippen LogP) is 7.19. The van der Waals surface area contributed by atoms with Gasteiger partial charge in [0.05, 0.1) is 11.2 Å². The van der Waals surface area contributed by atoms with Gasteiger partial charge in [0, 0.05) is 10.8 Å². The van der Waals surface area contributed by atoms with Crippen molar-refractivity contribution >= 4 is 32.3 Å². The maximum atomic E-state index is 8.91. The molecule has 134 valence electrons. The molecule has 1 heteroatoms. The van der Waals surface area contributed by atoms with Crippen LogP contribution in [-0.2, 0) is 10.8 Å². The Morgan fingerprint density at radius 1 is 0.731 bits per heavy atom. The molecule has 0 amide bonds. The minimum absolute atomic E-state index is 0.119. The lowest BCUT2D eigenvalue weighted by Crippen LogP contribution is -2.11. The van der Waals surface area contributed by atoms with Crippen LogP contribution in [0.15, 0.2) is 42.4 Å². The molecule has 0 bridgehead atoms. The van der Waals surface area contributed by atoms with Gasteiger partial charge in [-0.15, -0.1) is 0 Å². The molecule has 0 spiro atoms. The topological polar surface area (TPSA) is 9.23 Å². The second-order valence-corrected chi connectivity index (χ2v) is 9.30. The summed E-state index contributed by atoms with van der Waals surface area (Å²) in [6.07, 6.45) is 0. The van der Waals surface area contributed by atoms with Crippen molar-refractivity contribution in [2.24, 2.45) is 0 Å². The Labute approximate surface area is 160 Å². The average molecular weight is 348 g/mol. The van der Waals surface area contributed by atoms with E-state index in [0.29, 0.717) is 11.8 Å². The molecule has 0 aliphatic rings. The molecule has 0 saturated heterocycles. The summed E-state index contributed by atoms with van der Waals surface area (Å²) in [6.45, 7) is 12.8. The summed E-state index contributed by atoms with van der Waals surface area (Å²) in [7, 11) is 1.61. The van der Waals surface area contributed by atoms with E-state index in [-0.39, 0.29) is 22.9 Å². The second kappa shape index (κ2) is 5.36. The molecule has 0 heterocycles. The van der Waals surface area contributed by atoms with Crippen molar-refractivity contribution in [2.75, 3.05) is 7.11 Å². The highest BCUT2D eigenvalue weighted by Gasteiger charge is 2.21. The molecule has 0 atom stereocenters. The van der Waals surface area contributed by atoms with Crippen LogP contribution in [0.1, 0.15) is 56.8 Å². The zero-order valence-electron chi connectivity index (χ0n) is 19.7. The van der Waals surface area contributed by atoms with Gasteiger partial charge in [0.15, 0.2) is 0 Å². The summed E-state index contributed by atoms with van der Waals surface area (Å²) >= 11 is 0. The molecule has 4 aromatic rings. The Balaban J connectivity index is 2.37. The van der Waals surface area contributed by atoms with Crippen LogP contribution < -0.4 is 4.74 Å². The maximum absolute atomic E-state index is 8.91. The van der Waals surface area contributed by atoms with Gasteiger partial charge in [0.1, 0.15) is 5.75 Å². The van der Waals surface area contributed by atoms with E-state index >= 15 is 0 Å². The van der Waals surface area contributed by atoms with Crippen LogP contribution in [0.25, 0.3) is 32.3 Å². The average Bonchev–Trinajstić information content (AvgIpc) is 2.63. The third kappa shape index (κ3) is 2.53. The Hall–Kier alpha value is -2.28. The first kappa shape index (κ1) is 13.9. The summed E-state index contributed by atoms with van der Waals surface area (Å²) in [4.78, 5) is 0. The summed E-state index contributed by atoms with van der Waals surface area (Å²) in [5.74, 6) is 0.540. The van der Waals surface area contributed by atoms with Crippen molar-refractivity contribution in [3.05, 3.63) is 53.5 Å². The van der Waals surface area contributed by atoms with Crippen LogP contribution in [0.2, 0.25) is 0 Å². The quantitative estimate of drug-likeness (QED) is 0.331. The molecule has 4 rings (SSSR count). The molecule has 0 unspecified atom stereocenters. The monoisotopic (exact) mass is 347 g/mol. The van der Waals surface area contributed by atoms with Gasteiger partial charge in [0.25, 0.3) is 0 Å². The van der Waals surface area contributed by atoms with Gasteiger partial charge < -0.3 is 4.74 Å². The Kier molecular flexibility index (Phi) is 2.86. The fourth-order valence-corrected chi connectivity index (χ4v) is 3.65. The van der Waals surface area contributed by atoms with Gasteiger partial charge in [0.2, 0.25) is 0 Å². The normalized spacial score (nSPS) is 14.8. The zero-order valence-corrected chi connectivity index (χ0v) is 16.7. The van der Waals surface area contributed by atoms with Crippen LogP contribution in [0.3, 0.4) is 0 Å². The molecule has 0 fully saturated rings. The second-order valence-electron chi connectivity index (χ2n) is 9.30. The van der Waals surface area contributed by atoms with Crippen LogP contribution in [0, 0.1) is 0 Å². The lowest BCUT2D eigenvalue weighted by molar-refractivity contribution is 0.420. The number of benzene rings is 4. The molecular formula is C25H28O. The van der Waals surface area contributed by atoms with Gasteiger partial charge in [-0.3, -0.25) is 0 Å². The van der Waals surface area contributed by atoms with E-state index in [1.54, 1.807) is 7.11 Å². The van der Waals surface area contributed by atoms with Gasteiger partial charge in [-0.2, -0.15) is 0 Å². The van der Waals surface area contributed by atoms with Gasteiger partial charge >= 0.3 is 0 Å². The van der Waals surface area contributed by atoms with Gasteiger partial charge in [-0.1, -0.05) is 71.8 Å². The van der Waals surface area contributed by atoms with Crippen LogP contribution in [-0.4, -0.2) is 7.11 Å².